The smallest absolute Gasteiger partial charge is 0.0178 e. The minimum absolute atomic E-state index is 0.663. The highest BCUT2D eigenvalue weighted by Gasteiger charge is 2.30. The van der Waals surface area contributed by atoms with E-state index in [0.717, 1.165) is 17.9 Å². The van der Waals surface area contributed by atoms with Gasteiger partial charge in [0.25, 0.3) is 0 Å². The highest BCUT2D eigenvalue weighted by molar-refractivity contribution is 9.10. The summed E-state index contributed by atoms with van der Waals surface area (Å²) in [6.07, 6.45) is 5.22. The lowest BCUT2D eigenvalue weighted by Crippen LogP contribution is -2.44. The van der Waals surface area contributed by atoms with E-state index in [2.05, 4.69) is 66.3 Å². The van der Waals surface area contributed by atoms with Crippen LogP contribution >= 0.6 is 15.9 Å². The molecule has 19 heavy (non-hydrogen) atoms. The first-order valence-corrected chi connectivity index (χ1v) is 8.35. The Hall–Kier alpha value is -0.340. The summed E-state index contributed by atoms with van der Waals surface area (Å²) in [7, 11) is 0. The monoisotopic (exact) mass is 323 g/mol. The summed E-state index contributed by atoms with van der Waals surface area (Å²) in [6, 6.07) is 10.2. The first kappa shape index (κ1) is 15.1. The van der Waals surface area contributed by atoms with Crippen LogP contribution < -0.4 is 5.32 Å². The maximum Gasteiger partial charge on any atom is 0.0178 e. The molecule has 106 valence electrons. The molecular weight excluding hydrogens is 298 g/mol. The number of benzene rings is 1. The van der Waals surface area contributed by atoms with Crippen LogP contribution in [0.4, 0.5) is 0 Å². The molecule has 2 heteroatoms. The van der Waals surface area contributed by atoms with E-state index < -0.39 is 0 Å². The van der Waals surface area contributed by atoms with E-state index in [0.29, 0.717) is 6.04 Å². The summed E-state index contributed by atoms with van der Waals surface area (Å²) >= 11 is 3.56. The fourth-order valence-electron chi connectivity index (χ4n) is 2.86. The Morgan fingerprint density at radius 2 is 1.95 bits per heavy atom. The van der Waals surface area contributed by atoms with Gasteiger partial charge in [-0.1, -0.05) is 41.9 Å². The topological polar surface area (TPSA) is 12.0 Å². The summed E-state index contributed by atoms with van der Waals surface area (Å²) < 4.78 is 1.20. The van der Waals surface area contributed by atoms with Crippen LogP contribution in [0.3, 0.4) is 0 Å². The zero-order chi connectivity index (χ0) is 13.8. The largest absolute Gasteiger partial charge is 0.311 e. The van der Waals surface area contributed by atoms with Crippen molar-refractivity contribution in [2.45, 2.75) is 64.5 Å². The van der Waals surface area contributed by atoms with Crippen LogP contribution in [0.25, 0.3) is 0 Å². The zero-order valence-electron chi connectivity index (χ0n) is 12.3. The predicted molar refractivity (Wildman–Crippen MR) is 86.6 cm³/mol. The Balaban J connectivity index is 1.71. The second-order valence-electron chi connectivity index (χ2n) is 6.46. The highest BCUT2D eigenvalue weighted by Crippen LogP contribution is 2.37. The standard InChI is InChI=1S/C17H26BrN/c1-12(2)7-8-13(3)19-17-10-15(11-17)14-5-4-6-16(18)9-14/h4-6,9,12-13,15,17,19H,7-8,10-11H2,1-3H3. The van der Waals surface area contributed by atoms with E-state index in [9.17, 15) is 0 Å². The first-order valence-electron chi connectivity index (χ1n) is 7.56. The van der Waals surface area contributed by atoms with Crippen LogP contribution in [0, 0.1) is 5.92 Å². The van der Waals surface area contributed by atoms with E-state index in [4.69, 9.17) is 0 Å². The second-order valence-corrected chi connectivity index (χ2v) is 7.37. The minimum Gasteiger partial charge on any atom is -0.311 e. The van der Waals surface area contributed by atoms with Gasteiger partial charge < -0.3 is 5.32 Å². The van der Waals surface area contributed by atoms with Crippen molar-refractivity contribution in [1.82, 2.24) is 5.32 Å². The Morgan fingerprint density at radius 3 is 2.58 bits per heavy atom. The van der Waals surface area contributed by atoms with Crippen molar-refractivity contribution in [3.8, 4) is 0 Å². The summed E-state index contributed by atoms with van der Waals surface area (Å²) in [4.78, 5) is 0. The third kappa shape index (κ3) is 4.61. The van der Waals surface area contributed by atoms with Gasteiger partial charge in [0.2, 0.25) is 0 Å². The average molecular weight is 324 g/mol. The van der Waals surface area contributed by atoms with Gasteiger partial charge in [0.05, 0.1) is 0 Å². The molecule has 1 aromatic rings. The third-order valence-corrected chi connectivity index (χ3v) is 4.65. The molecular formula is C17H26BrN. The maximum atomic E-state index is 3.77. The van der Waals surface area contributed by atoms with Crippen molar-refractivity contribution in [3.05, 3.63) is 34.3 Å². The van der Waals surface area contributed by atoms with E-state index >= 15 is 0 Å². The van der Waals surface area contributed by atoms with Crippen molar-refractivity contribution in [2.75, 3.05) is 0 Å². The number of hydrogen-bond acceptors (Lipinski definition) is 1. The summed E-state index contributed by atoms with van der Waals surface area (Å²) in [6.45, 7) is 6.94. The van der Waals surface area contributed by atoms with E-state index in [1.165, 1.54) is 35.7 Å². The molecule has 1 N–H and O–H groups in total. The summed E-state index contributed by atoms with van der Waals surface area (Å²) in [5, 5.41) is 3.77. The van der Waals surface area contributed by atoms with Crippen LogP contribution in [0.2, 0.25) is 0 Å². The van der Waals surface area contributed by atoms with Gasteiger partial charge in [-0.2, -0.15) is 0 Å². The minimum atomic E-state index is 0.663. The van der Waals surface area contributed by atoms with Crippen LogP contribution in [-0.2, 0) is 0 Å². The maximum absolute atomic E-state index is 3.77. The molecule has 0 spiro atoms. The molecule has 1 aromatic carbocycles. The number of halogens is 1. The molecule has 0 aliphatic heterocycles. The quantitative estimate of drug-likeness (QED) is 0.767. The molecule has 0 amide bonds. The van der Waals surface area contributed by atoms with E-state index in [1.54, 1.807) is 0 Å². The van der Waals surface area contributed by atoms with E-state index in [-0.39, 0.29) is 0 Å². The predicted octanol–water partition coefficient (Wildman–Crippen LogP) is 5.11. The first-order chi connectivity index (χ1) is 9.04. The highest BCUT2D eigenvalue weighted by atomic mass is 79.9. The second kappa shape index (κ2) is 6.90. The number of hydrogen-bond donors (Lipinski definition) is 1. The Bertz CT molecular complexity index is 396. The molecule has 0 heterocycles. The Kier molecular flexibility index (Phi) is 5.47. The lowest BCUT2D eigenvalue weighted by Gasteiger charge is -2.38. The molecule has 0 bridgehead atoms. The average Bonchev–Trinajstić information content (AvgIpc) is 2.30. The molecule has 2 rings (SSSR count). The third-order valence-electron chi connectivity index (χ3n) is 4.16. The number of rotatable bonds is 6. The van der Waals surface area contributed by atoms with Gasteiger partial charge in [0.1, 0.15) is 0 Å². The number of nitrogens with one attached hydrogen (secondary N) is 1. The van der Waals surface area contributed by atoms with Crippen LogP contribution in [0.1, 0.15) is 57.9 Å². The molecule has 1 aliphatic rings. The van der Waals surface area contributed by atoms with Crippen molar-refractivity contribution in [2.24, 2.45) is 5.92 Å². The fraction of sp³-hybridized carbons (Fsp3) is 0.647. The van der Waals surface area contributed by atoms with Crippen molar-refractivity contribution >= 4 is 15.9 Å². The fourth-order valence-corrected chi connectivity index (χ4v) is 3.27. The normalized spacial score (nSPS) is 24.3. The van der Waals surface area contributed by atoms with Crippen molar-refractivity contribution in [3.63, 3.8) is 0 Å². The van der Waals surface area contributed by atoms with Crippen LogP contribution in [0.5, 0.6) is 0 Å². The van der Waals surface area contributed by atoms with Crippen molar-refractivity contribution < 1.29 is 0 Å². The molecule has 0 aromatic heterocycles. The molecule has 1 aliphatic carbocycles. The van der Waals surface area contributed by atoms with Crippen LogP contribution in [-0.4, -0.2) is 12.1 Å². The lowest BCUT2D eigenvalue weighted by atomic mass is 9.75. The van der Waals surface area contributed by atoms with Crippen molar-refractivity contribution in [1.29, 1.82) is 0 Å². The molecule has 0 saturated heterocycles. The summed E-state index contributed by atoms with van der Waals surface area (Å²) in [5.74, 6) is 1.58. The molecule has 0 radical (unpaired) electrons. The SMILES string of the molecule is CC(C)CCC(C)NC1CC(c2cccc(Br)c2)C1. The van der Waals surface area contributed by atoms with Crippen LogP contribution in [0.15, 0.2) is 28.7 Å². The summed E-state index contributed by atoms with van der Waals surface area (Å²) in [5.41, 5.74) is 1.49. The van der Waals surface area contributed by atoms with Gasteiger partial charge in [-0.3, -0.25) is 0 Å². The molecule has 1 unspecified atom stereocenters. The van der Waals surface area contributed by atoms with Gasteiger partial charge in [-0.25, -0.2) is 0 Å². The molecule has 1 atom stereocenters. The lowest BCUT2D eigenvalue weighted by molar-refractivity contribution is 0.261. The molecule has 1 saturated carbocycles. The Morgan fingerprint density at radius 1 is 1.21 bits per heavy atom. The Labute approximate surface area is 126 Å². The van der Waals surface area contributed by atoms with Gasteiger partial charge in [0.15, 0.2) is 0 Å². The molecule has 1 nitrogen and oxygen atoms in total. The van der Waals surface area contributed by atoms with Gasteiger partial charge >= 0.3 is 0 Å². The van der Waals surface area contributed by atoms with Gasteiger partial charge in [-0.05, 0) is 62.1 Å². The molecule has 1 fully saturated rings. The zero-order valence-corrected chi connectivity index (χ0v) is 13.9. The van der Waals surface area contributed by atoms with Gasteiger partial charge in [-0.15, -0.1) is 0 Å². The van der Waals surface area contributed by atoms with E-state index in [1.807, 2.05) is 0 Å². The van der Waals surface area contributed by atoms with Gasteiger partial charge in [0, 0.05) is 16.6 Å².